The fourth-order valence-corrected chi connectivity index (χ4v) is 4.61. The number of hydrogen-bond donors (Lipinski definition) is 1. The lowest BCUT2D eigenvalue weighted by Crippen LogP contribution is -2.40. The number of rotatable bonds is 7. The van der Waals surface area contributed by atoms with Crippen molar-refractivity contribution in [1.29, 1.82) is 0 Å². The van der Waals surface area contributed by atoms with Crippen LogP contribution in [0.15, 0.2) is 41.7 Å². The molecular weight excluding hydrogens is 515 g/mol. The molecule has 2 aromatic rings. The molecule has 1 atom stereocenters. The van der Waals surface area contributed by atoms with Gasteiger partial charge in [0.25, 0.3) is 0 Å². The Morgan fingerprint density at radius 3 is 2.81 bits per heavy atom. The highest BCUT2D eigenvalue weighted by Crippen LogP contribution is 2.21. The molecule has 1 aromatic heterocycles. The lowest BCUT2D eigenvalue weighted by molar-refractivity contribution is -0.128. The number of aromatic nitrogens is 2. The van der Waals surface area contributed by atoms with Gasteiger partial charge in [-0.2, -0.15) is 5.10 Å². The number of hydrogen-bond acceptors (Lipinski definition) is 3. The molecule has 0 aliphatic carbocycles. The SMILES string of the molecule is CCNC(=NCc1cccc(CN2CCCC2=O)c1)N1CCC(Cc2cnn(C)c2)C1.I. The molecule has 7 nitrogen and oxygen atoms in total. The van der Waals surface area contributed by atoms with Gasteiger partial charge in [0.15, 0.2) is 5.96 Å². The van der Waals surface area contributed by atoms with Crippen molar-refractivity contribution in [2.45, 2.75) is 45.7 Å². The van der Waals surface area contributed by atoms with Crippen LogP contribution < -0.4 is 5.32 Å². The summed E-state index contributed by atoms with van der Waals surface area (Å²) in [7, 11) is 1.97. The third-order valence-corrected chi connectivity index (χ3v) is 6.15. The number of nitrogens with zero attached hydrogens (tertiary/aromatic N) is 5. The molecule has 3 heterocycles. The van der Waals surface area contributed by atoms with E-state index in [2.05, 4.69) is 52.7 Å². The van der Waals surface area contributed by atoms with Crippen LogP contribution >= 0.6 is 24.0 Å². The maximum atomic E-state index is 11.9. The predicted molar refractivity (Wildman–Crippen MR) is 138 cm³/mol. The first-order chi connectivity index (χ1) is 15.1. The standard InChI is InChI=1S/C24H34N6O.HI/c1-3-25-24(30-11-9-21(18-30)13-22-15-27-28(2)16-22)26-14-19-6-4-7-20(12-19)17-29-10-5-8-23(29)31;/h4,6-7,12,15-16,21H,3,5,8-11,13-14,17-18H2,1-2H3,(H,25,26);1H. The van der Waals surface area contributed by atoms with E-state index in [-0.39, 0.29) is 29.9 Å². The molecule has 1 aromatic carbocycles. The Morgan fingerprint density at radius 2 is 2.09 bits per heavy atom. The largest absolute Gasteiger partial charge is 0.357 e. The van der Waals surface area contributed by atoms with E-state index in [1.165, 1.54) is 23.1 Å². The van der Waals surface area contributed by atoms with Gasteiger partial charge in [0, 0.05) is 52.4 Å². The molecule has 174 valence electrons. The summed E-state index contributed by atoms with van der Waals surface area (Å²) in [5.41, 5.74) is 3.68. The van der Waals surface area contributed by atoms with Crippen LogP contribution in [0.3, 0.4) is 0 Å². The van der Waals surface area contributed by atoms with Gasteiger partial charge in [-0.05, 0) is 48.8 Å². The van der Waals surface area contributed by atoms with E-state index in [0.717, 1.165) is 45.0 Å². The summed E-state index contributed by atoms with van der Waals surface area (Å²) in [5.74, 6) is 1.90. The van der Waals surface area contributed by atoms with Crippen LogP contribution in [0.2, 0.25) is 0 Å². The summed E-state index contributed by atoms with van der Waals surface area (Å²) in [6, 6.07) is 8.49. The zero-order chi connectivity index (χ0) is 21.6. The van der Waals surface area contributed by atoms with E-state index in [0.29, 0.717) is 25.4 Å². The molecule has 0 saturated carbocycles. The van der Waals surface area contributed by atoms with Crippen LogP contribution in [0.5, 0.6) is 0 Å². The zero-order valence-electron chi connectivity index (χ0n) is 19.2. The average Bonchev–Trinajstić information content (AvgIpc) is 3.49. The highest BCUT2D eigenvalue weighted by Gasteiger charge is 2.25. The minimum Gasteiger partial charge on any atom is -0.357 e. The Kier molecular flexibility index (Phi) is 8.95. The van der Waals surface area contributed by atoms with Gasteiger partial charge in [0.1, 0.15) is 0 Å². The molecule has 32 heavy (non-hydrogen) atoms. The van der Waals surface area contributed by atoms with E-state index in [1.54, 1.807) is 0 Å². The first kappa shape index (κ1) is 24.5. The van der Waals surface area contributed by atoms with E-state index >= 15 is 0 Å². The number of aliphatic imine (C=N–C) groups is 1. The van der Waals surface area contributed by atoms with Crippen molar-refractivity contribution in [2.75, 3.05) is 26.2 Å². The Morgan fingerprint density at radius 1 is 1.25 bits per heavy atom. The lowest BCUT2D eigenvalue weighted by atomic mass is 10.0. The molecular formula is C24H35IN6O. The summed E-state index contributed by atoms with van der Waals surface area (Å²) in [6.07, 6.45) is 8.01. The number of nitrogens with one attached hydrogen (secondary N) is 1. The van der Waals surface area contributed by atoms with Gasteiger partial charge in [-0.1, -0.05) is 24.3 Å². The molecule has 8 heteroatoms. The molecule has 1 unspecified atom stereocenters. The molecule has 4 rings (SSSR count). The minimum atomic E-state index is 0. The van der Waals surface area contributed by atoms with E-state index in [4.69, 9.17) is 4.99 Å². The molecule has 2 aliphatic rings. The zero-order valence-corrected chi connectivity index (χ0v) is 21.5. The average molecular weight is 550 g/mol. The predicted octanol–water partition coefficient (Wildman–Crippen LogP) is 3.19. The van der Waals surface area contributed by atoms with Crippen LogP contribution in [-0.2, 0) is 31.4 Å². The molecule has 2 fully saturated rings. The highest BCUT2D eigenvalue weighted by molar-refractivity contribution is 14.0. The Bertz CT molecular complexity index is 927. The summed E-state index contributed by atoms with van der Waals surface area (Å²) in [4.78, 5) is 21.2. The third-order valence-electron chi connectivity index (χ3n) is 6.15. The van der Waals surface area contributed by atoms with Crippen molar-refractivity contribution in [3.05, 3.63) is 53.3 Å². The molecule has 2 aliphatic heterocycles. The number of aryl methyl sites for hydroxylation is 1. The number of benzene rings is 1. The van der Waals surface area contributed by atoms with Crippen LogP contribution in [0, 0.1) is 5.92 Å². The fraction of sp³-hybridized carbons (Fsp3) is 0.542. The van der Waals surface area contributed by atoms with Gasteiger partial charge in [-0.15, -0.1) is 24.0 Å². The Balaban J connectivity index is 0.00000289. The maximum absolute atomic E-state index is 11.9. The van der Waals surface area contributed by atoms with Crippen molar-refractivity contribution in [3.63, 3.8) is 0 Å². The molecule has 1 N–H and O–H groups in total. The first-order valence-corrected chi connectivity index (χ1v) is 11.5. The monoisotopic (exact) mass is 550 g/mol. The van der Waals surface area contributed by atoms with Gasteiger partial charge in [0.2, 0.25) is 5.91 Å². The lowest BCUT2D eigenvalue weighted by Gasteiger charge is -2.22. The maximum Gasteiger partial charge on any atom is 0.222 e. The van der Waals surface area contributed by atoms with Crippen LogP contribution in [0.4, 0.5) is 0 Å². The van der Waals surface area contributed by atoms with Crippen molar-refractivity contribution in [1.82, 2.24) is 24.9 Å². The van der Waals surface area contributed by atoms with Crippen LogP contribution in [0.1, 0.15) is 42.9 Å². The topological polar surface area (TPSA) is 65.8 Å². The van der Waals surface area contributed by atoms with Crippen molar-refractivity contribution >= 4 is 35.8 Å². The number of halogens is 1. The van der Waals surface area contributed by atoms with Gasteiger partial charge in [-0.3, -0.25) is 9.48 Å². The minimum absolute atomic E-state index is 0. The van der Waals surface area contributed by atoms with Crippen molar-refractivity contribution < 1.29 is 4.79 Å². The Hall–Kier alpha value is -2.10. The number of likely N-dealkylation sites (tertiary alicyclic amines) is 2. The van der Waals surface area contributed by atoms with Gasteiger partial charge in [0.05, 0.1) is 12.7 Å². The second-order valence-corrected chi connectivity index (χ2v) is 8.74. The fourth-order valence-electron chi connectivity index (χ4n) is 4.61. The Labute approximate surface area is 208 Å². The number of guanidine groups is 1. The summed E-state index contributed by atoms with van der Waals surface area (Å²) in [6.45, 7) is 7.27. The van der Waals surface area contributed by atoms with Crippen LogP contribution in [0.25, 0.3) is 0 Å². The third kappa shape index (κ3) is 6.46. The van der Waals surface area contributed by atoms with E-state index < -0.39 is 0 Å². The molecule has 0 bridgehead atoms. The molecule has 2 saturated heterocycles. The second kappa shape index (κ2) is 11.7. The molecule has 0 spiro atoms. The normalized spacial score (nSPS) is 18.9. The smallest absolute Gasteiger partial charge is 0.222 e. The molecule has 1 amide bonds. The molecule has 0 radical (unpaired) electrons. The summed E-state index contributed by atoms with van der Waals surface area (Å²) >= 11 is 0. The highest BCUT2D eigenvalue weighted by atomic mass is 127. The van der Waals surface area contributed by atoms with Crippen LogP contribution in [-0.4, -0.2) is 57.6 Å². The number of carbonyl (C=O) groups is 1. The summed E-state index contributed by atoms with van der Waals surface area (Å²) in [5, 5.41) is 7.76. The van der Waals surface area contributed by atoms with Gasteiger partial charge >= 0.3 is 0 Å². The quantitative estimate of drug-likeness (QED) is 0.327. The van der Waals surface area contributed by atoms with Gasteiger partial charge in [-0.25, -0.2) is 4.99 Å². The van der Waals surface area contributed by atoms with E-state index in [1.807, 2.05) is 22.8 Å². The summed E-state index contributed by atoms with van der Waals surface area (Å²) < 4.78 is 1.88. The second-order valence-electron chi connectivity index (χ2n) is 8.74. The van der Waals surface area contributed by atoms with E-state index in [9.17, 15) is 4.79 Å². The van der Waals surface area contributed by atoms with Crippen molar-refractivity contribution in [2.24, 2.45) is 18.0 Å². The number of amides is 1. The van der Waals surface area contributed by atoms with Gasteiger partial charge < -0.3 is 15.1 Å². The van der Waals surface area contributed by atoms with Crippen molar-refractivity contribution in [3.8, 4) is 0 Å². The number of carbonyl (C=O) groups excluding carboxylic acids is 1. The first-order valence-electron chi connectivity index (χ1n) is 11.5.